The lowest BCUT2D eigenvalue weighted by molar-refractivity contribution is -0.139. The Kier molecular flexibility index (Phi) is 6.63. The van der Waals surface area contributed by atoms with Crippen LogP contribution in [0.2, 0.25) is 0 Å². The molecule has 2 amide bonds. The molecule has 0 unspecified atom stereocenters. The van der Waals surface area contributed by atoms with Crippen LogP contribution >= 0.6 is 0 Å². The van der Waals surface area contributed by atoms with Gasteiger partial charge in [-0.2, -0.15) is 0 Å². The fraction of sp³-hybridized carbons (Fsp3) is 0.632. The quantitative estimate of drug-likeness (QED) is 0.734. The minimum Gasteiger partial charge on any atom is -0.480 e. The van der Waals surface area contributed by atoms with E-state index >= 15 is 0 Å². The lowest BCUT2D eigenvalue weighted by Gasteiger charge is -2.43. The van der Waals surface area contributed by atoms with Crippen LogP contribution in [0, 0.1) is 0 Å². The van der Waals surface area contributed by atoms with E-state index < -0.39 is 5.97 Å². The van der Waals surface area contributed by atoms with Gasteiger partial charge in [-0.1, -0.05) is 13.0 Å². The number of urea groups is 1. The standard InChI is InChI=1S/C19H29N5O3/c1-2-23(14-18(25)26)17-11-16(12-17)21-19(27)24-9-7-22(8-10-24)13-15-5-3-4-6-20-15/h3-6,16-17H,2,7-14H2,1H3,(H,21,27)(H,25,26). The number of hydrogen-bond donors (Lipinski definition) is 2. The fourth-order valence-electron chi connectivity index (χ4n) is 3.77. The number of nitrogens with zero attached hydrogens (tertiary/aromatic N) is 4. The number of nitrogens with one attached hydrogen (secondary N) is 1. The van der Waals surface area contributed by atoms with Crippen molar-refractivity contribution >= 4 is 12.0 Å². The minimum atomic E-state index is -0.798. The number of pyridine rings is 1. The highest BCUT2D eigenvalue weighted by atomic mass is 16.4. The number of hydrogen-bond acceptors (Lipinski definition) is 5. The van der Waals surface area contributed by atoms with E-state index in [2.05, 4.69) is 15.2 Å². The predicted molar refractivity (Wildman–Crippen MR) is 101 cm³/mol. The van der Waals surface area contributed by atoms with Gasteiger partial charge < -0.3 is 15.3 Å². The first-order valence-electron chi connectivity index (χ1n) is 9.68. The second-order valence-electron chi connectivity index (χ2n) is 7.31. The summed E-state index contributed by atoms with van der Waals surface area (Å²) in [4.78, 5) is 33.9. The highest BCUT2D eigenvalue weighted by Gasteiger charge is 2.35. The molecule has 3 rings (SSSR count). The van der Waals surface area contributed by atoms with E-state index in [1.807, 2.05) is 34.9 Å². The van der Waals surface area contributed by atoms with Crippen LogP contribution in [-0.4, -0.2) is 88.1 Å². The number of rotatable bonds is 7. The van der Waals surface area contributed by atoms with Crippen LogP contribution in [0.5, 0.6) is 0 Å². The molecule has 0 atom stereocenters. The van der Waals surface area contributed by atoms with Gasteiger partial charge in [0.25, 0.3) is 0 Å². The van der Waals surface area contributed by atoms with E-state index in [1.54, 1.807) is 6.20 Å². The van der Waals surface area contributed by atoms with Gasteiger partial charge in [0.05, 0.1) is 12.2 Å². The average molecular weight is 375 g/mol. The Morgan fingerprint density at radius 1 is 1.26 bits per heavy atom. The summed E-state index contributed by atoms with van der Waals surface area (Å²) in [6.45, 7) is 6.70. The first kappa shape index (κ1) is 19.6. The van der Waals surface area contributed by atoms with Crippen molar-refractivity contribution in [3.63, 3.8) is 0 Å². The number of piperazine rings is 1. The Bertz CT molecular complexity index is 627. The predicted octanol–water partition coefficient (Wildman–Crippen LogP) is 0.846. The first-order chi connectivity index (χ1) is 13.0. The molecule has 2 heterocycles. The molecule has 1 aromatic heterocycles. The van der Waals surface area contributed by atoms with Crippen molar-refractivity contribution in [1.29, 1.82) is 0 Å². The van der Waals surface area contributed by atoms with Gasteiger partial charge in [0.2, 0.25) is 0 Å². The van der Waals surface area contributed by atoms with Crippen molar-refractivity contribution in [1.82, 2.24) is 25.0 Å². The molecule has 2 fully saturated rings. The van der Waals surface area contributed by atoms with Gasteiger partial charge in [0, 0.05) is 51.0 Å². The fourth-order valence-corrected chi connectivity index (χ4v) is 3.77. The van der Waals surface area contributed by atoms with E-state index in [1.165, 1.54) is 0 Å². The van der Waals surface area contributed by atoms with Crippen molar-refractivity contribution in [2.24, 2.45) is 0 Å². The van der Waals surface area contributed by atoms with E-state index in [-0.39, 0.29) is 24.7 Å². The zero-order chi connectivity index (χ0) is 19.2. The monoisotopic (exact) mass is 375 g/mol. The van der Waals surface area contributed by atoms with Gasteiger partial charge in [-0.05, 0) is 31.5 Å². The Balaban J connectivity index is 1.36. The minimum absolute atomic E-state index is 0.00257. The molecule has 1 aliphatic heterocycles. The topological polar surface area (TPSA) is 89.0 Å². The van der Waals surface area contributed by atoms with Gasteiger partial charge in [-0.15, -0.1) is 0 Å². The maximum atomic E-state index is 12.5. The SMILES string of the molecule is CCN(CC(=O)O)C1CC(NC(=O)N2CCN(Cc3ccccn3)CC2)C1. The van der Waals surface area contributed by atoms with E-state index in [0.29, 0.717) is 0 Å². The molecule has 0 spiro atoms. The number of carboxylic acids is 1. The summed E-state index contributed by atoms with van der Waals surface area (Å²) in [5.41, 5.74) is 1.05. The Morgan fingerprint density at radius 2 is 2.00 bits per heavy atom. The maximum absolute atomic E-state index is 12.5. The smallest absolute Gasteiger partial charge is 0.317 e. The third-order valence-electron chi connectivity index (χ3n) is 5.47. The molecule has 8 heteroatoms. The summed E-state index contributed by atoms with van der Waals surface area (Å²) in [6.07, 6.45) is 3.46. The second-order valence-corrected chi connectivity index (χ2v) is 7.31. The molecule has 0 radical (unpaired) electrons. The molecule has 2 aliphatic rings. The molecule has 1 aliphatic carbocycles. The average Bonchev–Trinajstić information content (AvgIpc) is 2.64. The number of carbonyl (C=O) groups excluding carboxylic acids is 1. The van der Waals surface area contributed by atoms with E-state index in [0.717, 1.165) is 57.8 Å². The number of carboxylic acid groups (broad SMARTS) is 1. The van der Waals surface area contributed by atoms with Crippen LogP contribution < -0.4 is 5.32 Å². The lowest BCUT2D eigenvalue weighted by Crippen LogP contribution is -2.58. The van der Waals surface area contributed by atoms with Gasteiger partial charge in [0.15, 0.2) is 0 Å². The third-order valence-corrected chi connectivity index (χ3v) is 5.47. The Labute approximate surface area is 160 Å². The molecular formula is C19H29N5O3. The van der Waals surface area contributed by atoms with Gasteiger partial charge in [0.1, 0.15) is 0 Å². The summed E-state index contributed by atoms with van der Waals surface area (Å²) in [5, 5.41) is 12.0. The van der Waals surface area contributed by atoms with Crippen molar-refractivity contribution in [3.05, 3.63) is 30.1 Å². The van der Waals surface area contributed by atoms with Crippen LogP contribution in [0.4, 0.5) is 4.79 Å². The number of carbonyl (C=O) groups is 2. The van der Waals surface area contributed by atoms with Gasteiger partial charge >= 0.3 is 12.0 Å². The molecule has 27 heavy (non-hydrogen) atoms. The molecule has 0 bridgehead atoms. The van der Waals surface area contributed by atoms with Crippen LogP contribution in [-0.2, 0) is 11.3 Å². The van der Waals surface area contributed by atoms with Crippen molar-refractivity contribution in [2.45, 2.75) is 38.4 Å². The highest BCUT2D eigenvalue weighted by molar-refractivity contribution is 5.74. The van der Waals surface area contributed by atoms with Crippen LogP contribution in [0.1, 0.15) is 25.5 Å². The van der Waals surface area contributed by atoms with Crippen molar-refractivity contribution < 1.29 is 14.7 Å². The number of aromatic nitrogens is 1. The maximum Gasteiger partial charge on any atom is 0.317 e. The molecule has 8 nitrogen and oxygen atoms in total. The zero-order valence-corrected chi connectivity index (χ0v) is 15.9. The first-order valence-corrected chi connectivity index (χ1v) is 9.68. The molecule has 0 aromatic carbocycles. The highest BCUT2D eigenvalue weighted by Crippen LogP contribution is 2.25. The van der Waals surface area contributed by atoms with Crippen molar-refractivity contribution in [3.8, 4) is 0 Å². The second kappa shape index (κ2) is 9.14. The number of amides is 2. The lowest BCUT2D eigenvalue weighted by atomic mass is 9.85. The van der Waals surface area contributed by atoms with Crippen LogP contribution in [0.3, 0.4) is 0 Å². The third kappa shape index (κ3) is 5.40. The zero-order valence-electron chi connectivity index (χ0n) is 15.9. The summed E-state index contributed by atoms with van der Waals surface area (Å²) < 4.78 is 0. The summed E-state index contributed by atoms with van der Waals surface area (Å²) in [5.74, 6) is -0.798. The molecule has 1 aromatic rings. The number of likely N-dealkylation sites (N-methyl/N-ethyl adjacent to an activating group) is 1. The van der Waals surface area contributed by atoms with Crippen LogP contribution in [0.15, 0.2) is 24.4 Å². The largest absolute Gasteiger partial charge is 0.480 e. The normalized spacial score (nSPS) is 23.1. The van der Waals surface area contributed by atoms with E-state index in [4.69, 9.17) is 5.11 Å². The molecule has 2 N–H and O–H groups in total. The Hall–Kier alpha value is -2.19. The van der Waals surface area contributed by atoms with Crippen LogP contribution in [0.25, 0.3) is 0 Å². The Morgan fingerprint density at radius 3 is 2.59 bits per heavy atom. The summed E-state index contributed by atoms with van der Waals surface area (Å²) >= 11 is 0. The summed E-state index contributed by atoms with van der Waals surface area (Å²) in [6, 6.07) is 6.34. The van der Waals surface area contributed by atoms with Crippen molar-refractivity contribution in [2.75, 3.05) is 39.3 Å². The molecule has 1 saturated carbocycles. The molecular weight excluding hydrogens is 346 g/mol. The van der Waals surface area contributed by atoms with Gasteiger partial charge in [-0.25, -0.2) is 4.79 Å². The molecule has 1 saturated heterocycles. The van der Waals surface area contributed by atoms with E-state index in [9.17, 15) is 9.59 Å². The van der Waals surface area contributed by atoms with Gasteiger partial charge in [-0.3, -0.25) is 19.6 Å². The summed E-state index contributed by atoms with van der Waals surface area (Å²) in [7, 11) is 0. The molecule has 148 valence electrons. The number of aliphatic carboxylic acids is 1.